The monoisotopic (exact) mass is 412 g/mol. The maximum atomic E-state index is 12.4. The third kappa shape index (κ3) is 5.30. The van der Waals surface area contributed by atoms with Crippen molar-refractivity contribution < 1.29 is 17.6 Å². The van der Waals surface area contributed by atoms with Gasteiger partial charge in [0.2, 0.25) is 21.8 Å². The quantitative estimate of drug-likeness (QED) is 0.727. The maximum Gasteiger partial charge on any atom is 0.277 e. The fraction of sp³-hybridized carbons (Fsp3) is 0.471. The number of anilines is 1. The van der Waals surface area contributed by atoms with Crippen molar-refractivity contribution in [2.75, 3.05) is 19.4 Å². The fourth-order valence-electron chi connectivity index (χ4n) is 1.95. The molecule has 1 heterocycles. The molecule has 10 heteroatoms. The molecular weight excluding hydrogens is 388 g/mol. The predicted molar refractivity (Wildman–Crippen MR) is 104 cm³/mol. The molecule has 0 fully saturated rings. The van der Waals surface area contributed by atoms with Crippen LogP contribution in [0, 0.1) is 0 Å². The number of carbonyl (C=O) groups is 1. The van der Waals surface area contributed by atoms with Crippen molar-refractivity contribution in [3.05, 3.63) is 30.2 Å². The van der Waals surface area contributed by atoms with Crippen molar-refractivity contribution in [1.82, 2.24) is 14.5 Å². The Bertz CT molecular complexity index is 917. The van der Waals surface area contributed by atoms with Gasteiger partial charge in [0.1, 0.15) is 0 Å². The number of aromatic nitrogens is 2. The van der Waals surface area contributed by atoms with Crippen molar-refractivity contribution in [3.8, 4) is 0 Å². The molecule has 1 unspecified atom stereocenters. The van der Waals surface area contributed by atoms with Crippen LogP contribution in [0.25, 0.3) is 0 Å². The zero-order chi connectivity index (χ0) is 20.4. The number of nitrogens with zero attached hydrogens (tertiary/aromatic N) is 3. The summed E-state index contributed by atoms with van der Waals surface area (Å²) in [5.41, 5.74) is 0.131. The van der Waals surface area contributed by atoms with E-state index in [0.717, 1.165) is 16.1 Å². The standard InChI is InChI=1S/C17H24N4O4S2/c1-11(26-16-20-19-15(25-16)17(2,3)4)14(22)18-12-8-7-9-13(10-12)27(23,24)21(5)6/h7-11H,1-6H3,(H,18,22). The van der Waals surface area contributed by atoms with Crippen LogP contribution >= 0.6 is 11.8 Å². The summed E-state index contributed by atoms with van der Waals surface area (Å²) in [5, 5.41) is 10.5. The highest BCUT2D eigenvalue weighted by Gasteiger charge is 2.24. The van der Waals surface area contributed by atoms with Gasteiger partial charge in [0.05, 0.1) is 10.1 Å². The van der Waals surface area contributed by atoms with Crippen LogP contribution in [-0.2, 0) is 20.2 Å². The van der Waals surface area contributed by atoms with Gasteiger partial charge in [0.15, 0.2) is 0 Å². The van der Waals surface area contributed by atoms with Gasteiger partial charge in [-0.25, -0.2) is 12.7 Å². The minimum Gasteiger partial charge on any atom is -0.415 e. The Hall–Kier alpha value is -1.91. The molecule has 148 valence electrons. The molecule has 1 N–H and O–H groups in total. The van der Waals surface area contributed by atoms with E-state index in [2.05, 4.69) is 15.5 Å². The topological polar surface area (TPSA) is 105 Å². The molecule has 0 radical (unpaired) electrons. The summed E-state index contributed by atoms with van der Waals surface area (Å²) in [6, 6.07) is 6.12. The van der Waals surface area contributed by atoms with Gasteiger partial charge >= 0.3 is 0 Å². The van der Waals surface area contributed by atoms with Crippen LogP contribution in [0.5, 0.6) is 0 Å². The second-order valence-corrected chi connectivity index (χ2v) is 10.6. The lowest BCUT2D eigenvalue weighted by molar-refractivity contribution is -0.115. The lowest BCUT2D eigenvalue weighted by Gasteiger charge is -2.14. The van der Waals surface area contributed by atoms with Gasteiger partial charge in [0.25, 0.3) is 5.22 Å². The van der Waals surface area contributed by atoms with Gasteiger partial charge in [-0.15, -0.1) is 10.2 Å². The molecule has 0 aliphatic rings. The third-order valence-corrected chi connectivity index (χ3v) is 6.32. The van der Waals surface area contributed by atoms with E-state index in [0.29, 0.717) is 16.8 Å². The highest BCUT2D eigenvalue weighted by atomic mass is 32.2. The first kappa shape index (κ1) is 21.4. The van der Waals surface area contributed by atoms with Crippen molar-refractivity contribution >= 4 is 33.4 Å². The highest BCUT2D eigenvalue weighted by Crippen LogP contribution is 2.27. The molecule has 8 nitrogen and oxygen atoms in total. The number of hydrogen-bond acceptors (Lipinski definition) is 7. The number of benzene rings is 1. The minimum atomic E-state index is -3.57. The van der Waals surface area contributed by atoms with E-state index in [4.69, 9.17) is 4.42 Å². The smallest absolute Gasteiger partial charge is 0.277 e. The lowest BCUT2D eigenvalue weighted by atomic mass is 9.97. The second kappa shape index (κ2) is 7.99. The average Bonchev–Trinajstić information content (AvgIpc) is 3.03. The molecule has 0 saturated heterocycles. The Morgan fingerprint density at radius 1 is 1.26 bits per heavy atom. The maximum absolute atomic E-state index is 12.4. The number of sulfonamides is 1. The predicted octanol–water partition coefficient (Wildman–Crippen LogP) is 2.74. The van der Waals surface area contributed by atoms with E-state index >= 15 is 0 Å². The Labute approximate surface area is 163 Å². The van der Waals surface area contributed by atoms with Crippen LogP contribution in [-0.4, -0.2) is 48.2 Å². The van der Waals surface area contributed by atoms with Crippen LogP contribution in [0.15, 0.2) is 38.8 Å². The first-order valence-corrected chi connectivity index (χ1v) is 10.6. The van der Waals surface area contributed by atoms with Crippen LogP contribution in [0.2, 0.25) is 0 Å². The Morgan fingerprint density at radius 3 is 2.48 bits per heavy atom. The van der Waals surface area contributed by atoms with Gasteiger partial charge < -0.3 is 9.73 Å². The summed E-state index contributed by atoms with van der Waals surface area (Å²) in [6.07, 6.45) is 0. The summed E-state index contributed by atoms with van der Waals surface area (Å²) in [4.78, 5) is 12.5. The Balaban J connectivity index is 2.08. The summed E-state index contributed by atoms with van der Waals surface area (Å²) in [6.45, 7) is 7.58. The van der Waals surface area contributed by atoms with E-state index in [9.17, 15) is 13.2 Å². The molecule has 0 saturated carbocycles. The number of hydrogen-bond donors (Lipinski definition) is 1. The molecule has 27 heavy (non-hydrogen) atoms. The van der Waals surface area contributed by atoms with Gasteiger partial charge in [-0.1, -0.05) is 38.6 Å². The van der Waals surface area contributed by atoms with Crippen molar-refractivity contribution in [2.45, 2.75) is 48.5 Å². The molecule has 0 spiro atoms. The normalized spacial score (nSPS) is 13.6. The fourth-order valence-corrected chi connectivity index (χ4v) is 3.59. The first-order chi connectivity index (χ1) is 12.4. The van der Waals surface area contributed by atoms with E-state index in [-0.39, 0.29) is 16.2 Å². The van der Waals surface area contributed by atoms with Crippen molar-refractivity contribution in [3.63, 3.8) is 0 Å². The van der Waals surface area contributed by atoms with E-state index < -0.39 is 15.3 Å². The van der Waals surface area contributed by atoms with Crippen LogP contribution in [0.4, 0.5) is 5.69 Å². The molecule has 2 aromatic rings. The molecule has 0 aliphatic carbocycles. The number of thioether (sulfide) groups is 1. The van der Waals surface area contributed by atoms with Crippen molar-refractivity contribution in [1.29, 1.82) is 0 Å². The number of nitrogens with one attached hydrogen (secondary N) is 1. The Kier molecular flexibility index (Phi) is 6.33. The third-order valence-electron chi connectivity index (χ3n) is 3.58. The molecule has 0 aliphatic heterocycles. The highest BCUT2D eigenvalue weighted by molar-refractivity contribution is 8.00. The summed E-state index contributed by atoms with van der Waals surface area (Å²) in [7, 11) is -0.664. The molecule has 1 amide bonds. The summed E-state index contributed by atoms with van der Waals surface area (Å²) >= 11 is 1.14. The van der Waals surface area contributed by atoms with Gasteiger partial charge in [-0.3, -0.25) is 4.79 Å². The lowest BCUT2D eigenvalue weighted by Crippen LogP contribution is -2.24. The van der Waals surface area contributed by atoms with Gasteiger partial charge in [-0.2, -0.15) is 0 Å². The van der Waals surface area contributed by atoms with Gasteiger partial charge in [-0.05, 0) is 25.1 Å². The summed E-state index contributed by atoms with van der Waals surface area (Å²) < 4.78 is 31.1. The largest absolute Gasteiger partial charge is 0.415 e. The van der Waals surface area contributed by atoms with Gasteiger partial charge in [0, 0.05) is 25.2 Å². The molecule has 1 atom stereocenters. The number of rotatable bonds is 6. The number of amides is 1. The second-order valence-electron chi connectivity index (χ2n) is 7.19. The molecule has 1 aromatic carbocycles. The molecule has 1 aromatic heterocycles. The SMILES string of the molecule is CC(Sc1nnc(C(C)(C)C)o1)C(=O)Nc1cccc(S(=O)(=O)N(C)C)c1. The number of carbonyl (C=O) groups excluding carboxylic acids is 1. The Morgan fingerprint density at radius 2 is 1.93 bits per heavy atom. The van der Waals surface area contributed by atoms with Crippen LogP contribution in [0.3, 0.4) is 0 Å². The first-order valence-electron chi connectivity index (χ1n) is 8.25. The molecular formula is C17H24N4O4S2. The summed E-state index contributed by atoms with van der Waals surface area (Å²) in [5.74, 6) is 0.203. The van der Waals surface area contributed by atoms with Crippen LogP contribution in [0.1, 0.15) is 33.6 Å². The molecule has 0 bridgehead atoms. The van der Waals surface area contributed by atoms with E-state index in [1.54, 1.807) is 19.1 Å². The minimum absolute atomic E-state index is 0.109. The average molecular weight is 413 g/mol. The zero-order valence-electron chi connectivity index (χ0n) is 16.2. The van der Waals surface area contributed by atoms with Crippen molar-refractivity contribution in [2.24, 2.45) is 0 Å². The zero-order valence-corrected chi connectivity index (χ0v) is 17.8. The molecule has 2 rings (SSSR count). The van der Waals surface area contributed by atoms with E-state index in [1.165, 1.54) is 26.2 Å². The van der Waals surface area contributed by atoms with Crippen LogP contribution < -0.4 is 5.32 Å². The van der Waals surface area contributed by atoms with E-state index in [1.807, 2.05) is 20.8 Å².